The normalized spacial score (nSPS) is 31.3. The fraction of sp³-hybridized carbons (Fsp3) is 0.471. The van der Waals surface area contributed by atoms with Gasteiger partial charge in [0, 0.05) is 22.2 Å². The van der Waals surface area contributed by atoms with Gasteiger partial charge in [0.2, 0.25) is 5.76 Å². The molecule has 1 aliphatic carbocycles. The lowest BCUT2D eigenvalue weighted by Gasteiger charge is -2.48. The fourth-order valence-electron chi connectivity index (χ4n) is 3.81. The number of rotatable bonds is 3. The number of esters is 1. The third-order valence-corrected chi connectivity index (χ3v) is 5.58. The molecule has 3 atom stereocenters. The molecule has 1 aromatic carbocycles. The summed E-state index contributed by atoms with van der Waals surface area (Å²) < 4.78 is 11.0. The Kier molecular flexibility index (Phi) is 4.59. The summed E-state index contributed by atoms with van der Waals surface area (Å²) in [6.07, 6.45) is 2.81. The molecule has 0 spiro atoms. The van der Waals surface area contributed by atoms with Crippen LogP contribution in [0.15, 0.2) is 40.6 Å². The average Bonchev–Trinajstić information content (AvgIpc) is 2.59. The highest BCUT2D eigenvalue weighted by Gasteiger charge is 2.70. The van der Waals surface area contributed by atoms with E-state index in [2.05, 4.69) is 15.9 Å². The highest BCUT2D eigenvalue weighted by Crippen LogP contribution is 2.53. The number of aliphatic hydroxyl groups is 1. The van der Waals surface area contributed by atoms with Gasteiger partial charge in [-0.2, -0.15) is 0 Å². The first-order valence-electron chi connectivity index (χ1n) is 7.95. The molecular formula is C17H18BrNO6. The number of hydrogen-bond acceptors (Lipinski definition) is 6. The number of fused-ring (bicyclic) bond motifs is 1. The summed E-state index contributed by atoms with van der Waals surface area (Å²) in [5, 5.41) is 23.2. The summed E-state index contributed by atoms with van der Waals surface area (Å²) >= 11 is 3.34. The van der Waals surface area contributed by atoms with Crippen molar-refractivity contribution in [2.45, 2.75) is 42.9 Å². The highest BCUT2D eigenvalue weighted by atomic mass is 79.9. The van der Waals surface area contributed by atoms with E-state index in [0.29, 0.717) is 18.4 Å². The molecule has 1 saturated carbocycles. The minimum atomic E-state index is -2.06. The molecule has 0 amide bonds. The maximum Gasteiger partial charge on any atom is 0.373 e. The van der Waals surface area contributed by atoms with Crippen LogP contribution in [0.5, 0.6) is 0 Å². The van der Waals surface area contributed by atoms with E-state index in [1.807, 2.05) is 0 Å². The van der Waals surface area contributed by atoms with Gasteiger partial charge in [0.1, 0.15) is 0 Å². The predicted octanol–water partition coefficient (Wildman–Crippen LogP) is 2.90. The van der Waals surface area contributed by atoms with Crippen LogP contribution in [0.4, 0.5) is 0 Å². The van der Waals surface area contributed by atoms with Gasteiger partial charge in [-0.25, -0.2) is 4.79 Å². The first-order chi connectivity index (χ1) is 11.8. The van der Waals surface area contributed by atoms with E-state index in [4.69, 9.17) is 9.47 Å². The number of nitrogens with zero attached hydrogens (tertiary/aromatic N) is 1. The van der Waals surface area contributed by atoms with Crippen LogP contribution in [0.1, 0.15) is 37.2 Å². The Hall–Kier alpha value is -1.93. The van der Waals surface area contributed by atoms with Crippen molar-refractivity contribution in [3.05, 3.63) is 56.3 Å². The van der Waals surface area contributed by atoms with Gasteiger partial charge in [-0.15, -0.1) is 0 Å². The molecule has 134 valence electrons. The SMILES string of the molecule is COC(=O)C1=C[C@H](c2ccc(Br)cc2)[C@]2([N+](=O)[O-])CCCC[C@]2(O)O1. The summed E-state index contributed by atoms with van der Waals surface area (Å²) in [4.78, 5) is 23.7. The molecule has 1 aromatic rings. The van der Waals surface area contributed by atoms with Crippen LogP contribution in [-0.4, -0.2) is 34.4 Å². The summed E-state index contributed by atoms with van der Waals surface area (Å²) in [7, 11) is 1.20. The van der Waals surface area contributed by atoms with Crippen molar-refractivity contribution in [3.8, 4) is 0 Å². The number of hydrogen-bond donors (Lipinski definition) is 1. The Morgan fingerprint density at radius 3 is 2.60 bits per heavy atom. The summed E-state index contributed by atoms with van der Waals surface area (Å²) in [5.74, 6) is -3.84. The summed E-state index contributed by atoms with van der Waals surface area (Å²) in [5.41, 5.74) is -1.12. The van der Waals surface area contributed by atoms with E-state index >= 15 is 0 Å². The first-order valence-corrected chi connectivity index (χ1v) is 8.75. The maximum atomic E-state index is 12.1. The lowest BCUT2D eigenvalue weighted by Crippen LogP contribution is -2.67. The Balaban J connectivity index is 2.21. The van der Waals surface area contributed by atoms with E-state index in [1.165, 1.54) is 13.2 Å². The summed E-state index contributed by atoms with van der Waals surface area (Å²) in [6, 6.07) is 7.02. The molecule has 0 bridgehead atoms. The van der Waals surface area contributed by atoms with Crippen molar-refractivity contribution in [1.82, 2.24) is 0 Å². The van der Waals surface area contributed by atoms with Crippen molar-refractivity contribution in [2.75, 3.05) is 7.11 Å². The van der Waals surface area contributed by atoms with Gasteiger partial charge < -0.3 is 14.6 Å². The monoisotopic (exact) mass is 411 g/mol. The average molecular weight is 412 g/mol. The fourth-order valence-corrected chi connectivity index (χ4v) is 4.08. The second-order valence-electron chi connectivity index (χ2n) is 6.33. The van der Waals surface area contributed by atoms with Gasteiger partial charge in [0.15, 0.2) is 0 Å². The van der Waals surface area contributed by atoms with Gasteiger partial charge in [-0.1, -0.05) is 28.1 Å². The quantitative estimate of drug-likeness (QED) is 0.466. The van der Waals surface area contributed by atoms with Crippen molar-refractivity contribution in [1.29, 1.82) is 0 Å². The molecule has 1 fully saturated rings. The number of nitro groups is 1. The number of carbonyl (C=O) groups is 1. The molecule has 0 saturated heterocycles. The maximum absolute atomic E-state index is 12.1. The Bertz CT molecular complexity index is 733. The van der Waals surface area contributed by atoms with Gasteiger partial charge in [0.05, 0.1) is 13.0 Å². The van der Waals surface area contributed by atoms with Gasteiger partial charge in [0.25, 0.3) is 11.3 Å². The zero-order valence-electron chi connectivity index (χ0n) is 13.6. The third-order valence-electron chi connectivity index (χ3n) is 5.05. The molecule has 0 unspecified atom stereocenters. The van der Waals surface area contributed by atoms with Crippen LogP contribution in [-0.2, 0) is 14.3 Å². The van der Waals surface area contributed by atoms with Crippen molar-refractivity contribution in [2.24, 2.45) is 0 Å². The minimum Gasteiger partial charge on any atom is -0.463 e. The van der Waals surface area contributed by atoms with E-state index in [9.17, 15) is 20.0 Å². The van der Waals surface area contributed by atoms with E-state index < -0.39 is 28.1 Å². The zero-order valence-corrected chi connectivity index (χ0v) is 15.2. The van der Waals surface area contributed by atoms with Crippen LogP contribution >= 0.6 is 15.9 Å². The molecule has 25 heavy (non-hydrogen) atoms. The molecule has 0 radical (unpaired) electrons. The molecule has 7 nitrogen and oxygen atoms in total. The van der Waals surface area contributed by atoms with Crippen molar-refractivity contribution < 1.29 is 24.3 Å². The van der Waals surface area contributed by atoms with Crippen LogP contribution in [0.3, 0.4) is 0 Å². The number of benzene rings is 1. The minimum absolute atomic E-state index is 0.0787. The summed E-state index contributed by atoms with van der Waals surface area (Å²) in [6.45, 7) is 0. The molecule has 1 heterocycles. The Morgan fingerprint density at radius 1 is 1.36 bits per heavy atom. The predicted molar refractivity (Wildman–Crippen MR) is 91.2 cm³/mol. The number of ether oxygens (including phenoxy) is 2. The molecule has 1 N–H and O–H groups in total. The van der Waals surface area contributed by atoms with Crippen molar-refractivity contribution >= 4 is 21.9 Å². The lowest BCUT2D eigenvalue weighted by molar-refractivity contribution is -0.623. The van der Waals surface area contributed by atoms with Crippen LogP contribution in [0, 0.1) is 10.1 Å². The molecule has 1 aliphatic heterocycles. The molecule has 2 aliphatic rings. The standard InChI is InChI=1S/C17H18BrNO6/c1-24-15(20)14-10-13(11-4-6-12(18)7-5-11)16(19(22)23)8-2-3-9-17(16,21)25-14/h4-7,10,13,21H,2-3,8-9H2,1H3/t13-,16-,17+/m1/s1. The largest absolute Gasteiger partial charge is 0.463 e. The molecule has 3 rings (SSSR count). The second-order valence-corrected chi connectivity index (χ2v) is 7.24. The van der Waals surface area contributed by atoms with Gasteiger partial charge in [-0.05, 0) is 36.6 Å². The topological polar surface area (TPSA) is 98.9 Å². The number of carbonyl (C=O) groups excluding carboxylic acids is 1. The van der Waals surface area contributed by atoms with Crippen LogP contribution in [0.25, 0.3) is 0 Å². The smallest absolute Gasteiger partial charge is 0.373 e. The molecule has 0 aromatic heterocycles. The zero-order chi connectivity index (χ0) is 18.2. The number of methoxy groups -OCH3 is 1. The first kappa shape index (κ1) is 17.9. The Morgan fingerprint density at radius 2 is 2.00 bits per heavy atom. The highest BCUT2D eigenvalue weighted by molar-refractivity contribution is 9.10. The van der Waals surface area contributed by atoms with E-state index in [1.54, 1.807) is 24.3 Å². The van der Waals surface area contributed by atoms with Gasteiger partial charge >= 0.3 is 5.97 Å². The van der Waals surface area contributed by atoms with Crippen LogP contribution in [0.2, 0.25) is 0 Å². The Labute approximate surface area is 152 Å². The lowest BCUT2D eigenvalue weighted by atomic mass is 9.65. The van der Waals surface area contributed by atoms with Crippen molar-refractivity contribution in [3.63, 3.8) is 0 Å². The van der Waals surface area contributed by atoms with E-state index in [-0.39, 0.29) is 18.6 Å². The molecule has 8 heteroatoms. The third kappa shape index (κ3) is 2.73. The van der Waals surface area contributed by atoms with Crippen LogP contribution < -0.4 is 0 Å². The second kappa shape index (κ2) is 6.42. The molecular weight excluding hydrogens is 394 g/mol. The van der Waals surface area contributed by atoms with E-state index in [0.717, 1.165) is 4.47 Å². The number of halogens is 1. The van der Waals surface area contributed by atoms with Gasteiger partial charge in [-0.3, -0.25) is 10.1 Å².